The third-order valence-corrected chi connectivity index (χ3v) is 4.71. The predicted molar refractivity (Wildman–Crippen MR) is 90.5 cm³/mol. The fraction of sp³-hybridized carbons (Fsp3) is 0.133. The molecular weight excluding hydrogens is 337 g/mol. The van der Waals surface area contributed by atoms with Crippen molar-refractivity contribution in [1.29, 1.82) is 0 Å². The summed E-state index contributed by atoms with van der Waals surface area (Å²) in [5, 5.41) is 4.31. The maximum atomic E-state index is 13.4. The minimum Gasteiger partial charge on any atom is -0.323 e. The fourth-order valence-corrected chi connectivity index (χ4v) is 3.41. The molecule has 1 amide bonds. The smallest absolute Gasteiger partial charge is 0.258 e. The van der Waals surface area contributed by atoms with Crippen molar-refractivity contribution in [2.24, 2.45) is 0 Å². The van der Waals surface area contributed by atoms with Crippen molar-refractivity contribution in [3.8, 4) is 0 Å². The second-order valence-electron chi connectivity index (χ2n) is 4.66. The third kappa shape index (κ3) is 3.77. The molecule has 0 saturated carbocycles. The lowest BCUT2D eigenvalue weighted by atomic mass is 10.3. The van der Waals surface area contributed by atoms with E-state index in [0.29, 0.717) is 16.4 Å². The molecule has 0 unspecified atom stereocenters. The molecular formula is C15H12FN3O2S2. The second kappa shape index (κ2) is 6.93. The van der Waals surface area contributed by atoms with Crippen molar-refractivity contribution in [2.45, 2.75) is 5.75 Å². The minimum atomic E-state index is -0.469. The molecule has 3 rings (SSSR count). The quantitative estimate of drug-likeness (QED) is 0.769. The van der Waals surface area contributed by atoms with Gasteiger partial charge in [-0.3, -0.25) is 14.0 Å². The molecule has 0 aliphatic carbocycles. The van der Waals surface area contributed by atoms with Crippen LogP contribution < -0.4 is 10.9 Å². The number of halogens is 1. The number of carbonyl (C=O) groups excluding carboxylic acids is 1. The number of para-hydroxylation sites is 1. The molecule has 1 N–H and O–H groups in total. The number of anilines is 1. The van der Waals surface area contributed by atoms with Crippen LogP contribution in [0.2, 0.25) is 0 Å². The molecule has 0 aliphatic rings. The van der Waals surface area contributed by atoms with Crippen LogP contribution in [0.25, 0.3) is 4.96 Å². The number of nitrogens with zero attached hydrogens (tertiary/aromatic N) is 2. The van der Waals surface area contributed by atoms with Crippen LogP contribution in [0.1, 0.15) is 5.69 Å². The van der Waals surface area contributed by atoms with Crippen molar-refractivity contribution in [2.75, 3.05) is 11.1 Å². The van der Waals surface area contributed by atoms with Crippen LogP contribution in [0.3, 0.4) is 0 Å². The Kier molecular flexibility index (Phi) is 4.73. The molecule has 8 heteroatoms. The van der Waals surface area contributed by atoms with Gasteiger partial charge in [0.2, 0.25) is 5.91 Å². The number of hydrogen-bond acceptors (Lipinski definition) is 5. The highest BCUT2D eigenvalue weighted by molar-refractivity contribution is 7.99. The first-order valence-electron chi connectivity index (χ1n) is 6.71. The second-order valence-corrected chi connectivity index (χ2v) is 6.52. The Morgan fingerprint density at radius 2 is 2.22 bits per heavy atom. The molecule has 2 aromatic heterocycles. The summed E-state index contributed by atoms with van der Waals surface area (Å²) in [4.78, 5) is 28.6. The van der Waals surface area contributed by atoms with Crippen LogP contribution in [0.4, 0.5) is 10.1 Å². The molecule has 5 nitrogen and oxygen atoms in total. The van der Waals surface area contributed by atoms with Gasteiger partial charge >= 0.3 is 0 Å². The minimum absolute atomic E-state index is 0.136. The summed E-state index contributed by atoms with van der Waals surface area (Å²) in [6.07, 6.45) is 1.67. The summed E-state index contributed by atoms with van der Waals surface area (Å²) in [6, 6.07) is 7.47. The van der Waals surface area contributed by atoms with Crippen molar-refractivity contribution in [3.05, 3.63) is 63.8 Å². The zero-order valence-corrected chi connectivity index (χ0v) is 13.5. The molecule has 0 aliphatic heterocycles. The molecule has 0 saturated heterocycles. The van der Waals surface area contributed by atoms with Crippen molar-refractivity contribution in [3.63, 3.8) is 0 Å². The average Bonchev–Trinajstić information content (AvgIpc) is 2.99. The number of fused-ring (bicyclic) bond motifs is 1. The number of rotatable bonds is 5. The molecule has 3 aromatic rings. The zero-order valence-electron chi connectivity index (χ0n) is 11.9. The van der Waals surface area contributed by atoms with Gasteiger partial charge in [-0.15, -0.1) is 23.1 Å². The first-order valence-corrected chi connectivity index (χ1v) is 8.75. The molecule has 0 radical (unpaired) electrons. The van der Waals surface area contributed by atoms with Crippen molar-refractivity contribution >= 4 is 39.7 Å². The number of carbonyl (C=O) groups is 1. The van der Waals surface area contributed by atoms with Crippen LogP contribution in [-0.4, -0.2) is 21.0 Å². The van der Waals surface area contributed by atoms with Gasteiger partial charge in [0.25, 0.3) is 5.56 Å². The van der Waals surface area contributed by atoms with E-state index in [1.165, 1.54) is 45.7 Å². The predicted octanol–water partition coefficient (Wildman–Crippen LogP) is 2.77. The Morgan fingerprint density at radius 3 is 3.04 bits per heavy atom. The summed E-state index contributed by atoms with van der Waals surface area (Å²) < 4.78 is 14.9. The Hall–Kier alpha value is -2.19. The number of aromatic nitrogens is 2. The zero-order chi connectivity index (χ0) is 16.2. The molecule has 23 heavy (non-hydrogen) atoms. The molecule has 0 fully saturated rings. The lowest BCUT2D eigenvalue weighted by Crippen LogP contribution is -2.16. The van der Waals surface area contributed by atoms with Crippen LogP contribution in [0, 0.1) is 5.82 Å². The van der Waals surface area contributed by atoms with Gasteiger partial charge in [0.15, 0.2) is 4.96 Å². The lowest BCUT2D eigenvalue weighted by molar-refractivity contribution is -0.113. The third-order valence-electron chi connectivity index (χ3n) is 2.99. The Labute approximate surface area is 139 Å². The van der Waals surface area contributed by atoms with E-state index in [4.69, 9.17) is 0 Å². The first kappa shape index (κ1) is 15.7. The Bertz CT molecular complexity index is 907. The van der Waals surface area contributed by atoms with Gasteiger partial charge < -0.3 is 5.32 Å². The van der Waals surface area contributed by atoms with Crippen molar-refractivity contribution in [1.82, 2.24) is 9.38 Å². The van der Waals surface area contributed by atoms with E-state index in [2.05, 4.69) is 10.3 Å². The highest BCUT2D eigenvalue weighted by atomic mass is 32.2. The highest BCUT2D eigenvalue weighted by Gasteiger charge is 2.08. The van der Waals surface area contributed by atoms with Gasteiger partial charge in [-0.25, -0.2) is 9.37 Å². The molecule has 2 heterocycles. The number of amides is 1. The van der Waals surface area contributed by atoms with Crippen molar-refractivity contribution < 1.29 is 9.18 Å². The Balaban J connectivity index is 1.57. The van der Waals surface area contributed by atoms with Crippen LogP contribution in [0.15, 0.2) is 46.7 Å². The van der Waals surface area contributed by atoms with E-state index in [9.17, 15) is 14.0 Å². The molecule has 0 atom stereocenters. The normalized spacial score (nSPS) is 10.8. The van der Waals surface area contributed by atoms with E-state index in [-0.39, 0.29) is 22.9 Å². The lowest BCUT2D eigenvalue weighted by Gasteiger charge is -2.06. The summed E-state index contributed by atoms with van der Waals surface area (Å²) in [5.41, 5.74) is 0.651. The monoisotopic (exact) mass is 349 g/mol. The van der Waals surface area contributed by atoms with Crippen LogP contribution in [-0.2, 0) is 10.5 Å². The van der Waals surface area contributed by atoms with Gasteiger partial charge in [-0.05, 0) is 12.1 Å². The topological polar surface area (TPSA) is 63.5 Å². The maximum Gasteiger partial charge on any atom is 0.258 e. The molecule has 118 valence electrons. The van der Waals surface area contributed by atoms with Gasteiger partial charge in [0, 0.05) is 23.4 Å². The summed E-state index contributed by atoms with van der Waals surface area (Å²) >= 11 is 2.70. The summed E-state index contributed by atoms with van der Waals surface area (Å²) in [6.45, 7) is 0. The number of thiazole rings is 1. The van der Waals surface area contributed by atoms with E-state index >= 15 is 0 Å². The number of hydrogen-bond donors (Lipinski definition) is 1. The van der Waals surface area contributed by atoms with Gasteiger partial charge in [-0.1, -0.05) is 12.1 Å². The molecule has 0 bridgehead atoms. The number of nitrogens with one attached hydrogen (secondary N) is 1. The summed E-state index contributed by atoms with van der Waals surface area (Å²) in [5.74, 6) is -0.175. The first-order chi connectivity index (χ1) is 11.1. The molecule has 0 spiro atoms. The molecule has 1 aromatic carbocycles. The van der Waals surface area contributed by atoms with Crippen LogP contribution >= 0.6 is 23.1 Å². The van der Waals surface area contributed by atoms with Gasteiger partial charge in [0.05, 0.1) is 17.1 Å². The largest absolute Gasteiger partial charge is 0.323 e. The fourth-order valence-electron chi connectivity index (χ4n) is 1.96. The van der Waals surface area contributed by atoms with Crippen LogP contribution in [0.5, 0.6) is 0 Å². The SMILES string of the molecule is O=C(CSCc1cc(=O)n2ccsc2n1)Nc1ccccc1F. The standard InChI is InChI=1S/C15H12FN3O2S2/c16-11-3-1-2-4-12(11)18-13(20)9-22-8-10-7-14(21)19-5-6-23-15(19)17-10/h1-7H,8-9H2,(H,18,20). The number of thioether (sulfide) groups is 1. The highest BCUT2D eigenvalue weighted by Crippen LogP contribution is 2.15. The van der Waals surface area contributed by atoms with E-state index in [1.54, 1.807) is 23.7 Å². The Morgan fingerprint density at radius 1 is 1.39 bits per heavy atom. The van der Waals surface area contributed by atoms with Gasteiger partial charge in [-0.2, -0.15) is 0 Å². The average molecular weight is 349 g/mol. The van der Waals surface area contributed by atoms with E-state index in [1.807, 2.05) is 0 Å². The summed E-state index contributed by atoms with van der Waals surface area (Å²) in [7, 11) is 0. The van der Waals surface area contributed by atoms with E-state index in [0.717, 1.165) is 0 Å². The van der Waals surface area contributed by atoms with E-state index < -0.39 is 5.82 Å². The van der Waals surface area contributed by atoms with Gasteiger partial charge in [0.1, 0.15) is 5.82 Å². The number of benzene rings is 1. The maximum absolute atomic E-state index is 13.4.